The third kappa shape index (κ3) is 4.67. The molecule has 10 heteroatoms. The number of carbonyl (C=O) groups excluding carboxylic acids is 1. The molecule has 134 valence electrons. The van der Waals surface area contributed by atoms with E-state index in [2.05, 4.69) is 20.5 Å². The predicted molar refractivity (Wildman–Crippen MR) is 93.4 cm³/mol. The SMILES string of the molecule is O=C(COc1ccc(Cl)cc1)NCCn1nc(-n2cncn2)ccc1=O. The second-order valence-electron chi connectivity index (χ2n) is 5.19. The van der Waals surface area contributed by atoms with Crippen LogP contribution < -0.4 is 15.6 Å². The lowest BCUT2D eigenvalue weighted by Crippen LogP contribution is -2.34. The summed E-state index contributed by atoms with van der Waals surface area (Å²) in [6.07, 6.45) is 2.85. The molecule has 3 aromatic rings. The second kappa shape index (κ2) is 8.26. The lowest BCUT2D eigenvalue weighted by Gasteiger charge is -2.09. The maximum Gasteiger partial charge on any atom is 0.266 e. The molecule has 0 bridgehead atoms. The molecule has 0 aliphatic heterocycles. The van der Waals surface area contributed by atoms with Gasteiger partial charge in [0.25, 0.3) is 11.5 Å². The minimum atomic E-state index is -0.305. The van der Waals surface area contributed by atoms with Crippen LogP contribution in [-0.4, -0.2) is 43.6 Å². The summed E-state index contributed by atoms with van der Waals surface area (Å²) >= 11 is 5.78. The van der Waals surface area contributed by atoms with E-state index in [1.165, 1.54) is 28.1 Å². The van der Waals surface area contributed by atoms with E-state index in [1.807, 2.05) is 0 Å². The Bertz CT molecular complexity index is 924. The van der Waals surface area contributed by atoms with E-state index in [-0.39, 0.29) is 31.2 Å². The molecule has 0 spiro atoms. The van der Waals surface area contributed by atoms with E-state index in [4.69, 9.17) is 16.3 Å². The van der Waals surface area contributed by atoms with Gasteiger partial charge < -0.3 is 10.1 Å². The molecular formula is C16H15ClN6O3. The molecular weight excluding hydrogens is 360 g/mol. The topological polar surface area (TPSA) is 104 Å². The zero-order valence-corrected chi connectivity index (χ0v) is 14.3. The lowest BCUT2D eigenvalue weighted by molar-refractivity contribution is -0.123. The Morgan fingerprint density at radius 3 is 2.73 bits per heavy atom. The summed E-state index contributed by atoms with van der Waals surface area (Å²) < 4.78 is 8.03. The molecule has 1 N–H and O–H groups in total. The molecule has 0 saturated heterocycles. The molecule has 2 aromatic heterocycles. The van der Waals surface area contributed by atoms with Crippen LogP contribution in [0.15, 0.2) is 53.8 Å². The Balaban J connectivity index is 1.49. The predicted octanol–water partition coefficient (Wildman–Crippen LogP) is 0.673. The van der Waals surface area contributed by atoms with Crippen molar-refractivity contribution in [3.8, 4) is 11.6 Å². The van der Waals surface area contributed by atoms with E-state index in [0.29, 0.717) is 16.6 Å². The van der Waals surface area contributed by atoms with Crippen LogP contribution in [0, 0.1) is 0 Å². The highest BCUT2D eigenvalue weighted by Gasteiger charge is 2.06. The van der Waals surface area contributed by atoms with Gasteiger partial charge in [-0.3, -0.25) is 9.59 Å². The summed E-state index contributed by atoms with van der Waals surface area (Å²) in [5.41, 5.74) is -0.277. The number of halogens is 1. The Morgan fingerprint density at radius 2 is 2.00 bits per heavy atom. The van der Waals surface area contributed by atoms with E-state index in [9.17, 15) is 9.59 Å². The normalized spacial score (nSPS) is 10.5. The Labute approximate surface area is 153 Å². The summed E-state index contributed by atoms with van der Waals surface area (Å²) in [6.45, 7) is 0.313. The molecule has 3 rings (SSSR count). The molecule has 1 amide bonds. The molecule has 0 atom stereocenters. The Kier molecular flexibility index (Phi) is 5.59. The number of benzene rings is 1. The largest absolute Gasteiger partial charge is 0.484 e. The van der Waals surface area contributed by atoms with Crippen LogP contribution in [-0.2, 0) is 11.3 Å². The fourth-order valence-corrected chi connectivity index (χ4v) is 2.21. The first-order chi connectivity index (χ1) is 12.6. The van der Waals surface area contributed by atoms with Gasteiger partial charge in [0.15, 0.2) is 12.4 Å². The standard InChI is InChI=1S/C16H15ClN6O3/c17-12-1-3-13(4-2-12)26-9-15(24)19-7-8-22-16(25)6-5-14(21-22)23-11-18-10-20-23/h1-6,10-11H,7-9H2,(H,19,24). The van der Waals surface area contributed by atoms with Crippen LogP contribution in [0.1, 0.15) is 0 Å². The van der Waals surface area contributed by atoms with Crippen molar-refractivity contribution in [3.05, 3.63) is 64.4 Å². The number of ether oxygens (including phenoxy) is 1. The first kappa shape index (κ1) is 17.6. The molecule has 0 aliphatic rings. The fourth-order valence-electron chi connectivity index (χ4n) is 2.08. The summed E-state index contributed by atoms with van der Waals surface area (Å²) in [5, 5.41) is 11.4. The van der Waals surface area contributed by atoms with Gasteiger partial charge in [-0.05, 0) is 30.3 Å². The van der Waals surface area contributed by atoms with Crippen LogP contribution in [0.3, 0.4) is 0 Å². The third-order valence-corrected chi connectivity index (χ3v) is 3.59. The van der Waals surface area contributed by atoms with Crippen molar-refractivity contribution >= 4 is 17.5 Å². The highest BCUT2D eigenvalue weighted by atomic mass is 35.5. The molecule has 2 heterocycles. The first-order valence-electron chi connectivity index (χ1n) is 7.70. The van der Waals surface area contributed by atoms with Crippen LogP contribution in [0.25, 0.3) is 5.82 Å². The number of amides is 1. The summed E-state index contributed by atoms with van der Waals surface area (Å²) in [7, 11) is 0. The number of hydrogen-bond acceptors (Lipinski definition) is 6. The average molecular weight is 375 g/mol. The van der Waals surface area contributed by atoms with Gasteiger partial charge in [0.05, 0.1) is 6.54 Å². The fraction of sp³-hybridized carbons (Fsp3) is 0.188. The molecule has 0 saturated carbocycles. The highest BCUT2D eigenvalue weighted by Crippen LogP contribution is 2.15. The third-order valence-electron chi connectivity index (χ3n) is 3.34. The maximum atomic E-state index is 11.9. The van der Waals surface area contributed by atoms with E-state index >= 15 is 0 Å². The average Bonchev–Trinajstić information content (AvgIpc) is 3.17. The number of aromatic nitrogens is 5. The minimum Gasteiger partial charge on any atom is -0.484 e. The number of carbonyl (C=O) groups is 1. The van der Waals surface area contributed by atoms with E-state index in [1.54, 1.807) is 30.3 Å². The monoisotopic (exact) mass is 374 g/mol. The van der Waals surface area contributed by atoms with Crippen LogP contribution in [0.2, 0.25) is 5.02 Å². The van der Waals surface area contributed by atoms with Gasteiger partial charge in [-0.1, -0.05) is 11.6 Å². The van der Waals surface area contributed by atoms with Gasteiger partial charge in [-0.15, -0.1) is 5.10 Å². The number of hydrogen-bond donors (Lipinski definition) is 1. The van der Waals surface area contributed by atoms with Gasteiger partial charge in [-0.25, -0.2) is 14.3 Å². The van der Waals surface area contributed by atoms with E-state index in [0.717, 1.165) is 0 Å². The van der Waals surface area contributed by atoms with Crippen molar-refractivity contribution in [1.29, 1.82) is 0 Å². The molecule has 0 radical (unpaired) electrons. The summed E-state index contributed by atoms with van der Waals surface area (Å²) in [6, 6.07) is 9.63. The van der Waals surface area contributed by atoms with Gasteiger partial charge in [-0.2, -0.15) is 5.10 Å². The van der Waals surface area contributed by atoms with Crippen LogP contribution in [0.4, 0.5) is 0 Å². The van der Waals surface area contributed by atoms with Crippen molar-refractivity contribution in [1.82, 2.24) is 29.9 Å². The van der Waals surface area contributed by atoms with Gasteiger partial charge >= 0.3 is 0 Å². The maximum absolute atomic E-state index is 11.9. The van der Waals surface area contributed by atoms with Gasteiger partial charge in [0.2, 0.25) is 0 Å². The molecule has 0 fully saturated rings. The van der Waals surface area contributed by atoms with Crippen molar-refractivity contribution in [2.24, 2.45) is 0 Å². The minimum absolute atomic E-state index is 0.136. The van der Waals surface area contributed by atoms with Crippen molar-refractivity contribution in [2.45, 2.75) is 6.54 Å². The lowest BCUT2D eigenvalue weighted by atomic mass is 10.3. The molecule has 0 aliphatic carbocycles. The van der Waals surface area contributed by atoms with Crippen molar-refractivity contribution < 1.29 is 9.53 Å². The zero-order valence-electron chi connectivity index (χ0n) is 13.6. The van der Waals surface area contributed by atoms with Crippen molar-refractivity contribution in [2.75, 3.05) is 13.2 Å². The summed E-state index contributed by atoms with van der Waals surface area (Å²) in [4.78, 5) is 27.5. The number of nitrogens with zero attached hydrogens (tertiary/aromatic N) is 5. The molecule has 1 aromatic carbocycles. The Hall–Kier alpha value is -3.20. The quantitative estimate of drug-likeness (QED) is 0.652. The van der Waals surface area contributed by atoms with Crippen molar-refractivity contribution in [3.63, 3.8) is 0 Å². The van der Waals surface area contributed by atoms with Gasteiger partial charge in [0, 0.05) is 17.6 Å². The Morgan fingerprint density at radius 1 is 1.19 bits per heavy atom. The van der Waals surface area contributed by atoms with Gasteiger partial charge in [0.1, 0.15) is 18.4 Å². The second-order valence-corrected chi connectivity index (χ2v) is 5.62. The molecule has 0 unspecified atom stereocenters. The molecule has 26 heavy (non-hydrogen) atoms. The molecule has 9 nitrogen and oxygen atoms in total. The smallest absolute Gasteiger partial charge is 0.266 e. The van der Waals surface area contributed by atoms with Crippen LogP contribution in [0.5, 0.6) is 5.75 Å². The number of nitrogens with one attached hydrogen (secondary N) is 1. The summed E-state index contributed by atoms with van der Waals surface area (Å²) in [5.74, 6) is 0.697. The van der Waals surface area contributed by atoms with Crippen LogP contribution >= 0.6 is 11.6 Å². The zero-order chi connectivity index (χ0) is 18.4. The number of rotatable bonds is 7. The first-order valence-corrected chi connectivity index (χ1v) is 8.08. The highest BCUT2D eigenvalue weighted by molar-refractivity contribution is 6.30. The van der Waals surface area contributed by atoms with E-state index < -0.39 is 0 Å².